The summed E-state index contributed by atoms with van der Waals surface area (Å²) in [7, 11) is 0. The first-order chi connectivity index (χ1) is 17.0. The molecule has 2 aromatic heterocycles. The molecule has 4 heterocycles. The van der Waals surface area contributed by atoms with Crippen LogP contribution in [0.4, 0.5) is 5.82 Å². The van der Waals surface area contributed by atoms with Crippen molar-refractivity contribution in [2.75, 3.05) is 4.90 Å². The van der Waals surface area contributed by atoms with Crippen molar-refractivity contribution in [1.29, 1.82) is 0 Å². The highest BCUT2D eigenvalue weighted by molar-refractivity contribution is 7.15. The van der Waals surface area contributed by atoms with Crippen molar-refractivity contribution in [3.8, 4) is 10.6 Å². The molecule has 2 aromatic carbocycles. The topological polar surface area (TPSA) is 96.9 Å². The van der Waals surface area contributed by atoms with Gasteiger partial charge in [0.05, 0.1) is 32.8 Å². The maximum absolute atomic E-state index is 12.8. The average molecular weight is 481 g/mol. The lowest BCUT2D eigenvalue weighted by Crippen LogP contribution is -2.30. The first-order valence-electron chi connectivity index (χ1n) is 10.7. The number of thiophene rings is 1. The smallest absolute Gasteiger partial charge is 0.268 e. The van der Waals surface area contributed by atoms with Crippen LogP contribution in [-0.4, -0.2) is 33.7 Å². The molecule has 0 unspecified atom stereocenters. The average Bonchev–Trinajstić information content (AvgIpc) is 3.53. The Balaban J connectivity index is 1.20. The van der Waals surface area contributed by atoms with Crippen molar-refractivity contribution in [1.82, 2.24) is 10.0 Å². The molecule has 0 N–H and O–H groups in total. The third-order valence-electron chi connectivity index (χ3n) is 5.76. The number of carbonyl (C=O) groups is 4. The summed E-state index contributed by atoms with van der Waals surface area (Å²) in [4.78, 5) is 63.2. The zero-order valence-electron chi connectivity index (χ0n) is 18.0. The number of benzene rings is 2. The van der Waals surface area contributed by atoms with Crippen LogP contribution in [0.1, 0.15) is 46.3 Å². The van der Waals surface area contributed by atoms with Crippen molar-refractivity contribution >= 4 is 40.8 Å². The van der Waals surface area contributed by atoms with Gasteiger partial charge in [0.1, 0.15) is 12.4 Å². The highest BCUT2D eigenvalue weighted by Crippen LogP contribution is 2.32. The Morgan fingerprint density at radius 3 is 1.83 bits per heavy atom. The van der Waals surface area contributed by atoms with Crippen LogP contribution in [0.5, 0.6) is 0 Å². The first kappa shape index (κ1) is 21.1. The van der Waals surface area contributed by atoms with E-state index >= 15 is 0 Å². The minimum absolute atomic E-state index is 0.0221. The van der Waals surface area contributed by atoms with Gasteiger partial charge in [-0.3, -0.25) is 24.0 Å². The second-order valence-electron chi connectivity index (χ2n) is 7.86. The van der Waals surface area contributed by atoms with Crippen LogP contribution in [0, 0.1) is 0 Å². The Hall–Kier alpha value is -4.47. The molecule has 0 fully saturated rings. The number of nitrogens with zero attached hydrogens (tertiary/aromatic N) is 3. The highest BCUT2D eigenvalue weighted by Gasteiger charge is 2.38. The predicted molar refractivity (Wildman–Crippen MR) is 127 cm³/mol. The number of hydrogen-bond donors (Lipinski definition) is 0. The van der Waals surface area contributed by atoms with Crippen molar-refractivity contribution in [2.45, 2.75) is 6.61 Å². The van der Waals surface area contributed by atoms with Crippen LogP contribution in [-0.2, 0) is 11.4 Å². The molecular formula is C26H15N3O5S. The number of anilines is 1. The molecule has 0 atom stereocenters. The van der Waals surface area contributed by atoms with Gasteiger partial charge in [-0.25, -0.2) is 9.88 Å². The van der Waals surface area contributed by atoms with Crippen LogP contribution in [0.15, 0.2) is 78.9 Å². The van der Waals surface area contributed by atoms with Gasteiger partial charge in [0.2, 0.25) is 0 Å². The van der Waals surface area contributed by atoms with Gasteiger partial charge in [-0.05, 0) is 48.5 Å². The van der Waals surface area contributed by atoms with Gasteiger partial charge in [0.25, 0.3) is 23.6 Å². The lowest BCUT2D eigenvalue weighted by atomic mass is 10.1. The zero-order chi connectivity index (χ0) is 24.1. The molecule has 9 heteroatoms. The Kier molecular flexibility index (Phi) is 4.87. The summed E-state index contributed by atoms with van der Waals surface area (Å²) in [6, 6.07) is 22.0. The minimum atomic E-state index is -0.488. The van der Waals surface area contributed by atoms with Crippen molar-refractivity contribution in [3.63, 3.8) is 0 Å². The van der Waals surface area contributed by atoms with Gasteiger partial charge in [0.15, 0.2) is 0 Å². The molecule has 8 nitrogen and oxygen atoms in total. The SMILES string of the molecule is O=C1c2ccccc2C(=O)N1OCc1ccc(-c2cccc(N3C(=O)c4ccccc4C3=O)n2)s1. The monoisotopic (exact) mass is 481 g/mol. The standard InChI is InChI=1S/C26H15N3O5S/c30-23-16-6-1-2-7-17(16)24(31)28(23)22-11-5-10-20(27-22)21-13-12-15(35-21)14-34-29-25(32)18-8-3-4-9-19(18)26(29)33/h1-13H,14H2. The number of aromatic nitrogens is 1. The number of pyridine rings is 1. The fourth-order valence-electron chi connectivity index (χ4n) is 4.09. The van der Waals surface area contributed by atoms with E-state index < -0.39 is 23.6 Å². The third kappa shape index (κ3) is 3.37. The normalized spacial score (nSPS) is 14.6. The molecule has 4 aromatic rings. The molecular weight excluding hydrogens is 466 g/mol. The largest absolute Gasteiger partial charge is 0.285 e. The number of fused-ring (bicyclic) bond motifs is 2. The van der Waals surface area contributed by atoms with Gasteiger partial charge in [-0.2, -0.15) is 0 Å². The molecule has 2 aliphatic heterocycles. The Morgan fingerprint density at radius 2 is 1.23 bits per heavy atom. The third-order valence-corrected chi connectivity index (χ3v) is 6.85. The summed E-state index contributed by atoms with van der Waals surface area (Å²) in [6.07, 6.45) is 0. The lowest BCUT2D eigenvalue weighted by Gasteiger charge is -2.13. The minimum Gasteiger partial charge on any atom is -0.268 e. The molecule has 0 radical (unpaired) electrons. The van der Waals surface area contributed by atoms with Gasteiger partial charge in [-0.1, -0.05) is 30.3 Å². The van der Waals surface area contributed by atoms with Gasteiger partial charge in [-0.15, -0.1) is 16.4 Å². The summed E-state index contributed by atoms with van der Waals surface area (Å²) < 4.78 is 0. The van der Waals surface area contributed by atoms with Crippen LogP contribution in [0.25, 0.3) is 10.6 Å². The van der Waals surface area contributed by atoms with E-state index in [1.165, 1.54) is 11.3 Å². The first-order valence-corrected chi connectivity index (χ1v) is 11.5. The Bertz CT molecular complexity index is 1490. The Morgan fingerprint density at radius 1 is 0.657 bits per heavy atom. The number of rotatable bonds is 5. The van der Waals surface area contributed by atoms with E-state index in [4.69, 9.17) is 4.84 Å². The summed E-state index contributed by atoms with van der Waals surface area (Å²) in [6.45, 7) is 0.0221. The molecule has 0 bridgehead atoms. The van der Waals surface area contributed by atoms with Crippen molar-refractivity contribution < 1.29 is 24.0 Å². The van der Waals surface area contributed by atoms with E-state index in [1.807, 2.05) is 12.1 Å². The zero-order valence-corrected chi connectivity index (χ0v) is 18.8. The summed E-state index contributed by atoms with van der Waals surface area (Å²) in [5.41, 5.74) is 1.93. The fraction of sp³-hybridized carbons (Fsp3) is 0.0385. The van der Waals surface area contributed by atoms with Crippen molar-refractivity contribution in [2.24, 2.45) is 0 Å². The second kappa shape index (κ2) is 8.08. The molecule has 4 amide bonds. The van der Waals surface area contributed by atoms with Gasteiger partial charge in [0, 0.05) is 4.88 Å². The molecule has 0 spiro atoms. The maximum Gasteiger partial charge on any atom is 0.285 e. The summed E-state index contributed by atoms with van der Waals surface area (Å²) >= 11 is 1.37. The molecule has 35 heavy (non-hydrogen) atoms. The predicted octanol–water partition coefficient (Wildman–Crippen LogP) is 4.34. The molecule has 0 saturated heterocycles. The van der Waals surface area contributed by atoms with E-state index in [2.05, 4.69) is 4.98 Å². The van der Waals surface area contributed by atoms with Gasteiger partial charge >= 0.3 is 0 Å². The van der Waals surface area contributed by atoms with Crippen LogP contribution in [0.3, 0.4) is 0 Å². The molecule has 0 aliphatic carbocycles. The number of imide groups is 2. The van der Waals surface area contributed by atoms with Crippen LogP contribution < -0.4 is 4.90 Å². The Labute approximate surface area is 203 Å². The summed E-state index contributed by atoms with van der Waals surface area (Å²) in [5, 5.41) is 0.783. The van der Waals surface area contributed by atoms with Crippen molar-refractivity contribution in [3.05, 3.63) is 106 Å². The van der Waals surface area contributed by atoms with E-state index in [1.54, 1.807) is 66.7 Å². The van der Waals surface area contributed by atoms with E-state index in [-0.39, 0.29) is 12.4 Å². The maximum atomic E-state index is 12.8. The number of carbonyl (C=O) groups excluding carboxylic acids is 4. The van der Waals surface area contributed by atoms with Crippen LogP contribution in [0.2, 0.25) is 0 Å². The van der Waals surface area contributed by atoms with E-state index in [0.29, 0.717) is 27.9 Å². The fourth-order valence-corrected chi connectivity index (χ4v) is 4.97. The quantitative estimate of drug-likeness (QED) is 0.394. The summed E-state index contributed by atoms with van der Waals surface area (Å²) in [5.74, 6) is -1.55. The molecule has 170 valence electrons. The second-order valence-corrected chi connectivity index (χ2v) is 9.03. The molecule has 0 saturated carbocycles. The van der Waals surface area contributed by atoms with E-state index in [9.17, 15) is 19.2 Å². The molecule has 6 rings (SSSR count). The molecule has 2 aliphatic rings. The van der Waals surface area contributed by atoms with E-state index in [0.717, 1.165) is 19.7 Å². The highest BCUT2D eigenvalue weighted by atomic mass is 32.1. The number of hydrogen-bond acceptors (Lipinski definition) is 7. The van der Waals surface area contributed by atoms with Crippen LogP contribution >= 0.6 is 11.3 Å². The lowest BCUT2D eigenvalue weighted by molar-refractivity contribution is -0.0998. The van der Waals surface area contributed by atoms with Gasteiger partial charge < -0.3 is 0 Å². The number of hydroxylamine groups is 2. The number of amides is 4.